The summed E-state index contributed by atoms with van der Waals surface area (Å²) >= 11 is 2.86. The quantitative estimate of drug-likeness (QED) is 0.517. The van der Waals surface area contributed by atoms with Crippen molar-refractivity contribution in [3.8, 4) is 10.7 Å². The molecule has 0 atom stereocenters. The average Bonchev–Trinajstić information content (AvgIpc) is 3.19. The summed E-state index contributed by atoms with van der Waals surface area (Å²) in [6, 6.07) is 3.85. The minimum atomic E-state index is -0.223. The van der Waals surface area contributed by atoms with E-state index in [2.05, 4.69) is 20.1 Å². The summed E-state index contributed by atoms with van der Waals surface area (Å²) in [5.74, 6) is 1.45. The van der Waals surface area contributed by atoms with Gasteiger partial charge in [0.25, 0.3) is 5.56 Å². The van der Waals surface area contributed by atoms with Crippen molar-refractivity contribution in [2.45, 2.75) is 24.3 Å². The number of hydrogen-bond donors (Lipinski definition) is 2. The second-order valence-electron chi connectivity index (χ2n) is 4.69. The van der Waals surface area contributed by atoms with Gasteiger partial charge in [-0.3, -0.25) is 4.79 Å². The topological polar surface area (TPSA) is 105 Å². The molecule has 0 saturated carbocycles. The molecule has 0 aliphatic carbocycles. The number of aryl methyl sites for hydroxylation is 1. The number of aromatic amines is 1. The Morgan fingerprint density at radius 2 is 2.30 bits per heavy atom. The number of rotatable bonds is 6. The number of thioether (sulfide) groups is 1. The Kier molecular flexibility index (Phi) is 4.89. The maximum atomic E-state index is 12.0. The molecule has 0 spiro atoms. The highest BCUT2D eigenvalue weighted by Crippen LogP contribution is 2.23. The third-order valence-corrected chi connectivity index (χ3v) is 4.83. The predicted octanol–water partition coefficient (Wildman–Crippen LogP) is 2.02. The molecule has 0 bridgehead atoms. The first-order valence-corrected chi connectivity index (χ1v) is 8.74. The number of thiophene rings is 1. The van der Waals surface area contributed by atoms with Gasteiger partial charge in [-0.2, -0.15) is 4.98 Å². The fraction of sp³-hybridized carbons (Fsp3) is 0.286. The number of aromatic nitrogens is 4. The Labute approximate surface area is 139 Å². The smallest absolute Gasteiger partial charge is 0.255 e. The van der Waals surface area contributed by atoms with Gasteiger partial charge < -0.3 is 14.6 Å². The van der Waals surface area contributed by atoms with Crippen molar-refractivity contribution in [3.63, 3.8) is 0 Å². The molecule has 0 aromatic carbocycles. The predicted molar refractivity (Wildman–Crippen MR) is 87.6 cm³/mol. The summed E-state index contributed by atoms with van der Waals surface area (Å²) in [4.78, 5) is 24.3. The molecule has 9 heteroatoms. The summed E-state index contributed by atoms with van der Waals surface area (Å²) in [7, 11) is 0. The maximum Gasteiger partial charge on any atom is 0.255 e. The molecule has 0 fully saturated rings. The molecule has 0 aliphatic heterocycles. The first-order valence-electron chi connectivity index (χ1n) is 6.87. The van der Waals surface area contributed by atoms with E-state index >= 15 is 0 Å². The lowest BCUT2D eigenvalue weighted by atomic mass is 10.2. The van der Waals surface area contributed by atoms with Gasteiger partial charge >= 0.3 is 0 Å². The first kappa shape index (κ1) is 15.9. The van der Waals surface area contributed by atoms with E-state index in [1.54, 1.807) is 18.3 Å². The van der Waals surface area contributed by atoms with Crippen LogP contribution in [0, 0.1) is 6.92 Å². The zero-order valence-electron chi connectivity index (χ0n) is 12.3. The average molecular weight is 350 g/mol. The molecule has 7 nitrogen and oxygen atoms in total. The van der Waals surface area contributed by atoms with Crippen LogP contribution in [0.15, 0.2) is 32.0 Å². The summed E-state index contributed by atoms with van der Waals surface area (Å²) < 4.78 is 5.20. The molecule has 2 N–H and O–H groups in total. The van der Waals surface area contributed by atoms with Crippen molar-refractivity contribution in [2.75, 3.05) is 6.61 Å². The van der Waals surface area contributed by atoms with E-state index in [0.29, 0.717) is 40.3 Å². The molecule has 3 aromatic rings. The lowest BCUT2D eigenvalue weighted by molar-refractivity contribution is 0.298. The van der Waals surface area contributed by atoms with Crippen LogP contribution in [-0.4, -0.2) is 31.8 Å². The molecule has 0 saturated heterocycles. The number of nitrogens with one attached hydrogen (secondary N) is 1. The van der Waals surface area contributed by atoms with Gasteiger partial charge in [-0.1, -0.05) is 23.0 Å². The molecule has 3 rings (SSSR count). The van der Waals surface area contributed by atoms with Crippen LogP contribution in [0.5, 0.6) is 0 Å². The SMILES string of the molecule is Cc1nc(SCc2nc(-c3cccs3)no2)[nH]c(=O)c1CCO. The van der Waals surface area contributed by atoms with Crippen molar-refractivity contribution in [3.05, 3.63) is 45.0 Å². The Balaban J connectivity index is 1.70. The molecular formula is C14H14N4O3S2. The monoisotopic (exact) mass is 350 g/mol. The standard InChI is InChI=1S/C14H14N4O3S2/c1-8-9(4-5-19)13(20)17-14(15-8)23-7-11-16-12(18-21-11)10-3-2-6-22-10/h2-3,6,19H,4-5,7H2,1H3,(H,15,17,20). The van der Waals surface area contributed by atoms with Crippen molar-refractivity contribution in [1.82, 2.24) is 20.1 Å². The van der Waals surface area contributed by atoms with Gasteiger partial charge in [0, 0.05) is 24.3 Å². The number of aliphatic hydroxyl groups is 1. The van der Waals surface area contributed by atoms with Crippen molar-refractivity contribution in [2.24, 2.45) is 0 Å². The van der Waals surface area contributed by atoms with Crippen molar-refractivity contribution >= 4 is 23.1 Å². The Morgan fingerprint density at radius 3 is 3.00 bits per heavy atom. The molecule has 0 amide bonds. The number of aliphatic hydroxyl groups excluding tert-OH is 1. The van der Waals surface area contributed by atoms with Crippen LogP contribution >= 0.6 is 23.1 Å². The molecule has 23 heavy (non-hydrogen) atoms. The van der Waals surface area contributed by atoms with Crippen molar-refractivity contribution in [1.29, 1.82) is 0 Å². The van der Waals surface area contributed by atoms with Crippen LogP contribution in [0.4, 0.5) is 0 Å². The third-order valence-electron chi connectivity index (χ3n) is 3.10. The van der Waals surface area contributed by atoms with E-state index < -0.39 is 0 Å². The Hall–Kier alpha value is -1.97. The van der Waals surface area contributed by atoms with Gasteiger partial charge in [0.15, 0.2) is 5.16 Å². The van der Waals surface area contributed by atoms with Crippen LogP contribution in [0.3, 0.4) is 0 Å². The molecule has 3 heterocycles. The largest absolute Gasteiger partial charge is 0.396 e. The summed E-state index contributed by atoms with van der Waals surface area (Å²) in [5.41, 5.74) is 0.906. The third kappa shape index (κ3) is 3.69. The van der Waals surface area contributed by atoms with Gasteiger partial charge in [-0.15, -0.1) is 11.3 Å². The second-order valence-corrected chi connectivity index (χ2v) is 6.60. The van der Waals surface area contributed by atoms with Gasteiger partial charge in [0.05, 0.1) is 10.6 Å². The van der Waals surface area contributed by atoms with Gasteiger partial charge in [-0.25, -0.2) is 4.98 Å². The number of H-pyrrole nitrogens is 1. The highest BCUT2D eigenvalue weighted by atomic mass is 32.2. The minimum absolute atomic E-state index is 0.0778. The summed E-state index contributed by atoms with van der Waals surface area (Å²) in [6.07, 6.45) is 0.299. The van der Waals surface area contributed by atoms with E-state index in [4.69, 9.17) is 9.63 Å². The molecule has 120 valence electrons. The van der Waals surface area contributed by atoms with E-state index in [9.17, 15) is 4.79 Å². The summed E-state index contributed by atoms with van der Waals surface area (Å²) in [6.45, 7) is 1.68. The highest BCUT2D eigenvalue weighted by molar-refractivity contribution is 7.98. The van der Waals surface area contributed by atoms with Gasteiger partial charge in [0.1, 0.15) is 0 Å². The lowest BCUT2D eigenvalue weighted by Gasteiger charge is -2.04. The fourth-order valence-corrected chi connectivity index (χ4v) is 3.40. The van der Waals surface area contributed by atoms with E-state index in [-0.39, 0.29) is 12.2 Å². The Morgan fingerprint density at radius 1 is 1.43 bits per heavy atom. The van der Waals surface area contributed by atoms with Crippen LogP contribution in [0.1, 0.15) is 17.1 Å². The minimum Gasteiger partial charge on any atom is -0.396 e. The molecule has 0 radical (unpaired) electrons. The van der Waals surface area contributed by atoms with Gasteiger partial charge in [0.2, 0.25) is 11.7 Å². The molecule has 0 unspecified atom stereocenters. The van der Waals surface area contributed by atoms with Crippen LogP contribution < -0.4 is 5.56 Å². The Bertz CT molecular complexity index is 842. The fourth-order valence-electron chi connectivity index (χ4n) is 2.01. The van der Waals surface area contributed by atoms with Crippen LogP contribution in [-0.2, 0) is 12.2 Å². The van der Waals surface area contributed by atoms with E-state index in [1.165, 1.54) is 11.8 Å². The van der Waals surface area contributed by atoms with Crippen LogP contribution in [0.25, 0.3) is 10.7 Å². The zero-order chi connectivity index (χ0) is 16.2. The van der Waals surface area contributed by atoms with Crippen LogP contribution in [0.2, 0.25) is 0 Å². The summed E-state index contributed by atoms with van der Waals surface area (Å²) in [5, 5.41) is 15.3. The van der Waals surface area contributed by atoms with Crippen molar-refractivity contribution < 1.29 is 9.63 Å². The zero-order valence-corrected chi connectivity index (χ0v) is 13.9. The van der Waals surface area contributed by atoms with Gasteiger partial charge in [-0.05, 0) is 18.4 Å². The molecule has 0 aliphatic rings. The first-order chi connectivity index (χ1) is 11.2. The maximum absolute atomic E-state index is 12.0. The highest BCUT2D eigenvalue weighted by Gasteiger charge is 2.12. The molecule has 3 aromatic heterocycles. The normalized spacial score (nSPS) is 11.0. The number of hydrogen-bond acceptors (Lipinski definition) is 8. The molecular weight excluding hydrogens is 336 g/mol. The van der Waals surface area contributed by atoms with E-state index in [0.717, 1.165) is 4.88 Å². The van der Waals surface area contributed by atoms with E-state index in [1.807, 2.05) is 17.5 Å². The lowest BCUT2D eigenvalue weighted by Crippen LogP contribution is -2.18. The second kappa shape index (κ2) is 7.07. The number of nitrogens with zero attached hydrogens (tertiary/aromatic N) is 3.